The summed E-state index contributed by atoms with van der Waals surface area (Å²) in [6.07, 6.45) is 1.78. The molecule has 1 amide bonds. The number of aliphatic imine (C=N–C) groups is 1. The van der Waals surface area contributed by atoms with Crippen LogP contribution in [0.1, 0.15) is 11.5 Å². The third kappa shape index (κ3) is 2.81. The summed E-state index contributed by atoms with van der Waals surface area (Å²) in [5.41, 5.74) is 0. The molecule has 0 radical (unpaired) electrons. The molecule has 2 aliphatic heterocycles. The van der Waals surface area contributed by atoms with E-state index in [4.69, 9.17) is 4.42 Å². The number of quaternary nitrogens is 1. The lowest BCUT2D eigenvalue weighted by Gasteiger charge is -2.30. The van der Waals surface area contributed by atoms with E-state index in [0.717, 1.165) is 37.1 Å². The molecule has 106 valence electrons. The molecule has 3 heterocycles. The molecular formula is C14H18N3O2S+. The Hall–Kier alpha value is -1.53. The predicted molar refractivity (Wildman–Crippen MR) is 79.6 cm³/mol. The number of amides is 1. The summed E-state index contributed by atoms with van der Waals surface area (Å²) in [6, 6.07) is 3.76. The fraction of sp³-hybridized carbons (Fsp3) is 0.429. The van der Waals surface area contributed by atoms with E-state index in [-0.39, 0.29) is 5.91 Å². The third-order valence-corrected chi connectivity index (χ3v) is 4.58. The van der Waals surface area contributed by atoms with Crippen LogP contribution in [0.4, 0.5) is 0 Å². The van der Waals surface area contributed by atoms with Gasteiger partial charge in [0.25, 0.3) is 5.91 Å². The summed E-state index contributed by atoms with van der Waals surface area (Å²) >= 11 is 1.45. The van der Waals surface area contributed by atoms with E-state index in [9.17, 15) is 4.79 Å². The minimum absolute atomic E-state index is 0.162. The number of carbonyl (C=O) groups is 1. The molecule has 0 spiro atoms. The van der Waals surface area contributed by atoms with Crippen molar-refractivity contribution in [3.05, 3.63) is 28.6 Å². The van der Waals surface area contributed by atoms with Gasteiger partial charge in [-0.1, -0.05) is 0 Å². The highest BCUT2D eigenvalue weighted by atomic mass is 32.2. The number of rotatable bonds is 1. The Labute approximate surface area is 122 Å². The lowest BCUT2D eigenvalue weighted by atomic mass is 10.3. The van der Waals surface area contributed by atoms with Gasteiger partial charge in [0.1, 0.15) is 11.5 Å². The van der Waals surface area contributed by atoms with Crippen molar-refractivity contribution in [1.82, 2.24) is 4.90 Å². The third-order valence-electron chi connectivity index (χ3n) is 3.53. The zero-order valence-corrected chi connectivity index (χ0v) is 12.5. The van der Waals surface area contributed by atoms with E-state index in [0.29, 0.717) is 10.7 Å². The molecule has 3 rings (SSSR count). The van der Waals surface area contributed by atoms with Gasteiger partial charge in [-0.25, -0.2) is 0 Å². The van der Waals surface area contributed by atoms with Crippen molar-refractivity contribution >= 4 is 28.9 Å². The fourth-order valence-electron chi connectivity index (χ4n) is 2.27. The number of nitrogens with one attached hydrogen (secondary N) is 1. The number of furan rings is 1. The molecule has 0 aliphatic carbocycles. The number of nitrogens with zero attached hydrogens (tertiary/aromatic N) is 2. The normalized spacial score (nSPS) is 22.7. The van der Waals surface area contributed by atoms with Crippen LogP contribution in [0, 0.1) is 6.92 Å². The Kier molecular flexibility index (Phi) is 3.67. The molecule has 1 saturated heterocycles. The van der Waals surface area contributed by atoms with Gasteiger partial charge < -0.3 is 14.2 Å². The number of hydrogen-bond donors (Lipinski definition) is 1. The molecule has 2 aliphatic rings. The van der Waals surface area contributed by atoms with Crippen molar-refractivity contribution in [3.8, 4) is 0 Å². The van der Waals surface area contributed by atoms with E-state index in [1.54, 1.807) is 6.08 Å². The minimum atomic E-state index is -0.162. The van der Waals surface area contributed by atoms with Crippen LogP contribution in [0.3, 0.4) is 0 Å². The standard InChI is InChI=1S/C14H17N3O2S/c1-10-3-4-11(19-10)9-12-13(18)15-14(20-12)17-7-5-16(2)6-8-17/h3-4,9H,5-8H2,1-2H3/p+1/b12-9-. The van der Waals surface area contributed by atoms with Gasteiger partial charge in [0.05, 0.1) is 38.1 Å². The van der Waals surface area contributed by atoms with Crippen LogP contribution in [0.5, 0.6) is 0 Å². The highest BCUT2D eigenvalue weighted by molar-refractivity contribution is 8.18. The number of likely N-dealkylation sites (N-methyl/N-ethyl adjacent to an activating group) is 1. The van der Waals surface area contributed by atoms with Crippen LogP contribution in [0.25, 0.3) is 6.08 Å². The summed E-state index contributed by atoms with van der Waals surface area (Å²) in [4.78, 5) is 20.5. The molecule has 1 aromatic heterocycles. The second-order valence-corrected chi connectivity index (χ2v) is 6.21. The Morgan fingerprint density at radius 2 is 2.15 bits per heavy atom. The molecule has 0 atom stereocenters. The van der Waals surface area contributed by atoms with Gasteiger partial charge in [-0.05, 0) is 30.8 Å². The fourth-order valence-corrected chi connectivity index (χ4v) is 3.22. The first-order valence-corrected chi connectivity index (χ1v) is 7.59. The summed E-state index contributed by atoms with van der Waals surface area (Å²) in [6.45, 7) is 5.98. The Morgan fingerprint density at radius 1 is 1.40 bits per heavy atom. The molecule has 1 fully saturated rings. The van der Waals surface area contributed by atoms with Gasteiger partial charge in [0, 0.05) is 6.08 Å². The maximum Gasteiger partial charge on any atom is 0.286 e. The summed E-state index contributed by atoms with van der Waals surface area (Å²) in [7, 11) is 2.19. The van der Waals surface area contributed by atoms with E-state index in [1.165, 1.54) is 16.7 Å². The zero-order chi connectivity index (χ0) is 14.1. The summed E-state index contributed by atoms with van der Waals surface area (Å²) in [5, 5.41) is 0.831. The van der Waals surface area contributed by atoms with Crippen molar-refractivity contribution in [2.75, 3.05) is 33.2 Å². The first-order valence-electron chi connectivity index (χ1n) is 6.77. The maximum absolute atomic E-state index is 12.0. The van der Waals surface area contributed by atoms with E-state index in [2.05, 4.69) is 16.9 Å². The van der Waals surface area contributed by atoms with Crippen LogP contribution in [-0.4, -0.2) is 49.2 Å². The van der Waals surface area contributed by atoms with Crippen molar-refractivity contribution in [1.29, 1.82) is 0 Å². The Morgan fingerprint density at radius 3 is 2.80 bits per heavy atom. The first-order chi connectivity index (χ1) is 9.61. The van der Waals surface area contributed by atoms with Gasteiger partial charge >= 0.3 is 0 Å². The number of thioether (sulfide) groups is 1. The minimum Gasteiger partial charge on any atom is -0.462 e. The lowest BCUT2D eigenvalue weighted by molar-refractivity contribution is -0.883. The van der Waals surface area contributed by atoms with Crippen molar-refractivity contribution in [2.45, 2.75) is 6.92 Å². The molecule has 6 heteroatoms. The molecule has 0 bridgehead atoms. The van der Waals surface area contributed by atoms with Crippen LogP contribution in [0.15, 0.2) is 26.4 Å². The molecule has 0 aromatic carbocycles. The predicted octanol–water partition coefficient (Wildman–Crippen LogP) is 0.389. The second kappa shape index (κ2) is 5.46. The smallest absolute Gasteiger partial charge is 0.286 e. The van der Waals surface area contributed by atoms with Gasteiger partial charge in [-0.3, -0.25) is 4.79 Å². The van der Waals surface area contributed by atoms with E-state index >= 15 is 0 Å². The second-order valence-electron chi connectivity index (χ2n) is 5.20. The molecule has 0 unspecified atom stereocenters. The number of hydrogen-bond acceptors (Lipinski definition) is 4. The lowest BCUT2D eigenvalue weighted by Crippen LogP contribution is -3.12. The van der Waals surface area contributed by atoms with Crippen LogP contribution in [0.2, 0.25) is 0 Å². The molecule has 1 N–H and O–H groups in total. The van der Waals surface area contributed by atoms with Crippen LogP contribution in [-0.2, 0) is 4.79 Å². The quantitative estimate of drug-likeness (QED) is 0.761. The zero-order valence-electron chi connectivity index (χ0n) is 11.7. The molecule has 5 nitrogen and oxygen atoms in total. The van der Waals surface area contributed by atoms with E-state index < -0.39 is 0 Å². The Bertz CT molecular complexity index is 583. The Balaban J connectivity index is 1.71. The van der Waals surface area contributed by atoms with Gasteiger partial charge in [0.15, 0.2) is 5.17 Å². The number of aryl methyl sites for hydroxylation is 1. The number of piperazine rings is 1. The average molecular weight is 292 g/mol. The number of carbonyl (C=O) groups excluding carboxylic acids is 1. The monoisotopic (exact) mass is 292 g/mol. The van der Waals surface area contributed by atoms with Gasteiger partial charge in [-0.2, -0.15) is 4.99 Å². The molecule has 0 saturated carbocycles. The highest BCUT2D eigenvalue weighted by Gasteiger charge is 2.28. The van der Waals surface area contributed by atoms with Crippen LogP contribution >= 0.6 is 11.8 Å². The van der Waals surface area contributed by atoms with Gasteiger partial charge in [-0.15, -0.1) is 0 Å². The van der Waals surface area contributed by atoms with Crippen molar-refractivity contribution < 1.29 is 14.1 Å². The summed E-state index contributed by atoms with van der Waals surface area (Å²) in [5.74, 6) is 1.39. The van der Waals surface area contributed by atoms with Crippen molar-refractivity contribution in [2.24, 2.45) is 4.99 Å². The molecular weight excluding hydrogens is 274 g/mol. The summed E-state index contributed by atoms with van der Waals surface area (Å²) < 4.78 is 5.48. The van der Waals surface area contributed by atoms with E-state index in [1.807, 2.05) is 19.1 Å². The first kappa shape index (κ1) is 13.5. The van der Waals surface area contributed by atoms with Crippen molar-refractivity contribution in [3.63, 3.8) is 0 Å². The maximum atomic E-state index is 12.0. The molecule has 1 aromatic rings. The average Bonchev–Trinajstić information content (AvgIpc) is 2.98. The SMILES string of the molecule is Cc1ccc(/C=C2\SC(N3CC[NH+](C)CC3)=NC2=O)o1. The topological polar surface area (TPSA) is 50.2 Å². The van der Waals surface area contributed by atoms with Crippen LogP contribution < -0.4 is 4.90 Å². The number of amidine groups is 1. The largest absolute Gasteiger partial charge is 0.462 e. The molecule has 20 heavy (non-hydrogen) atoms. The highest BCUT2D eigenvalue weighted by Crippen LogP contribution is 2.30. The van der Waals surface area contributed by atoms with Gasteiger partial charge in [0.2, 0.25) is 0 Å².